The molecule has 0 bridgehead atoms. The van der Waals surface area contributed by atoms with Crippen molar-refractivity contribution in [2.75, 3.05) is 6.61 Å². The lowest BCUT2D eigenvalue weighted by Gasteiger charge is -2.38. The van der Waals surface area contributed by atoms with Crippen LogP contribution >= 0.6 is 0 Å². The molecule has 0 amide bonds. The number of rotatable bonds is 5. The van der Waals surface area contributed by atoms with Crippen LogP contribution in [0.1, 0.15) is 25.3 Å². The predicted octanol–water partition coefficient (Wildman–Crippen LogP) is 2.89. The smallest absolute Gasteiger partial charge is 0.155 e. The molecule has 19 heavy (non-hydrogen) atoms. The summed E-state index contributed by atoms with van der Waals surface area (Å²) in [5.41, 5.74) is 1.07. The van der Waals surface area contributed by atoms with Crippen molar-refractivity contribution >= 4 is 0 Å². The molecule has 3 heteroatoms. The van der Waals surface area contributed by atoms with Crippen LogP contribution in [-0.4, -0.2) is 24.1 Å². The summed E-state index contributed by atoms with van der Waals surface area (Å²) in [5, 5.41) is 9.74. The van der Waals surface area contributed by atoms with Crippen molar-refractivity contribution in [2.24, 2.45) is 5.41 Å². The van der Waals surface area contributed by atoms with Gasteiger partial charge in [-0.1, -0.05) is 43.3 Å². The van der Waals surface area contributed by atoms with Gasteiger partial charge in [0.05, 0.1) is 19.3 Å². The van der Waals surface area contributed by atoms with Gasteiger partial charge in [0, 0.05) is 6.42 Å². The Kier molecular flexibility index (Phi) is 4.75. The zero-order chi connectivity index (χ0) is 13.7. The van der Waals surface area contributed by atoms with Crippen LogP contribution in [0.2, 0.25) is 0 Å². The van der Waals surface area contributed by atoms with Crippen LogP contribution in [0.25, 0.3) is 0 Å². The highest BCUT2D eigenvalue weighted by Crippen LogP contribution is 2.36. The molecule has 1 fully saturated rings. The summed E-state index contributed by atoms with van der Waals surface area (Å²) < 4.78 is 11.2. The van der Waals surface area contributed by atoms with Gasteiger partial charge in [-0.15, -0.1) is 6.58 Å². The van der Waals surface area contributed by atoms with Crippen LogP contribution in [0.5, 0.6) is 0 Å². The Labute approximate surface area is 114 Å². The summed E-state index contributed by atoms with van der Waals surface area (Å²) in [7, 11) is 0. The predicted molar refractivity (Wildman–Crippen MR) is 74.5 cm³/mol. The number of hydrogen-bond donors (Lipinski definition) is 1. The molecule has 0 radical (unpaired) electrons. The number of benzene rings is 1. The van der Waals surface area contributed by atoms with Crippen molar-refractivity contribution in [1.82, 2.24) is 0 Å². The van der Waals surface area contributed by atoms with Gasteiger partial charge in [0.15, 0.2) is 6.29 Å². The SMILES string of the molecule is C=C[C@]1(C)CC(O)OC(COCc2ccccc2)C1. The van der Waals surface area contributed by atoms with Crippen LogP contribution in [0.15, 0.2) is 43.0 Å². The average Bonchev–Trinajstić information content (AvgIpc) is 2.39. The second-order valence-corrected chi connectivity index (χ2v) is 5.48. The lowest BCUT2D eigenvalue weighted by atomic mass is 9.79. The maximum Gasteiger partial charge on any atom is 0.155 e. The minimum absolute atomic E-state index is 0.0710. The van der Waals surface area contributed by atoms with Crippen molar-refractivity contribution in [3.63, 3.8) is 0 Å². The first kappa shape index (κ1) is 14.3. The summed E-state index contributed by atoms with van der Waals surface area (Å²) in [6.07, 6.45) is 2.55. The molecule has 3 atom stereocenters. The Morgan fingerprint density at radius 1 is 1.42 bits per heavy atom. The molecule has 1 aliphatic heterocycles. The van der Waals surface area contributed by atoms with Crippen molar-refractivity contribution in [1.29, 1.82) is 0 Å². The van der Waals surface area contributed by atoms with Crippen LogP contribution < -0.4 is 0 Å². The van der Waals surface area contributed by atoms with Crippen molar-refractivity contribution in [2.45, 2.75) is 38.8 Å². The van der Waals surface area contributed by atoms with Gasteiger partial charge in [0.25, 0.3) is 0 Å². The zero-order valence-electron chi connectivity index (χ0n) is 11.4. The number of allylic oxidation sites excluding steroid dienone is 1. The average molecular weight is 262 g/mol. The first-order valence-corrected chi connectivity index (χ1v) is 6.70. The minimum atomic E-state index is -0.720. The largest absolute Gasteiger partial charge is 0.374 e. The third kappa shape index (κ3) is 4.16. The third-order valence-electron chi connectivity index (χ3n) is 3.59. The third-order valence-corrected chi connectivity index (χ3v) is 3.59. The molecular formula is C16H22O3. The molecule has 1 aliphatic rings. The van der Waals surface area contributed by atoms with Gasteiger partial charge in [-0.2, -0.15) is 0 Å². The fraction of sp³-hybridized carbons (Fsp3) is 0.500. The first-order valence-electron chi connectivity index (χ1n) is 6.70. The second kappa shape index (κ2) is 6.33. The van der Waals surface area contributed by atoms with Crippen LogP contribution in [0, 0.1) is 5.41 Å². The highest BCUT2D eigenvalue weighted by Gasteiger charge is 2.35. The van der Waals surface area contributed by atoms with Crippen molar-refractivity contribution in [3.05, 3.63) is 48.6 Å². The summed E-state index contributed by atoms with van der Waals surface area (Å²) in [6.45, 7) is 7.01. The molecule has 2 unspecified atom stereocenters. The van der Waals surface area contributed by atoms with E-state index in [1.54, 1.807) is 0 Å². The Hall–Kier alpha value is -1.16. The van der Waals surface area contributed by atoms with Gasteiger partial charge in [-0.3, -0.25) is 0 Å². The molecular weight excluding hydrogens is 240 g/mol. The highest BCUT2D eigenvalue weighted by molar-refractivity contribution is 5.13. The minimum Gasteiger partial charge on any atom is -0.374 e. The second-order valence-electron chi connectivity index (χ2n) is 5.48. The Morgan fingerprint density at radius 3 is 2.84 bits per heavy atom. The number of hydrogen-bond acceptors (Lipinski definition) is 3. The molecule has 1 aromatic carbocycles. The normalized spacial score (nSPS) is 31.1. The summed E-state index contributed by atoms with van der Waals surface area (Å²) in [4.78, 5) is 0. The molecule has 0 aromatic heterocycles. The molecule has 104 valence electrons. The van der Waals surface area contributed by atoms with E-state index >= 15 is 0 Å². The Morgan fingerprint density at radius 2 is 2.16 bits per heavy atom. The zero-order valence-corrected chi connectivity index (χ0v) is 11.4. The van der Waals surface area contributed by atoms with E-state index in [2.05, 4.69) is 13.5 Å². The summed E-state index contributed by atoms with van der Waals surface area (Å²) in [5.74, 6) is 0. The number of aliphatic hydroxyl groups is 1. The Balaban J connectivity index is 1.81. The maximum absolute atomic E-state index is 9.74. The Bertz CT molecular complexity index is 404. The molecule has 1 N–H and O–H groups in total. The van der Waals surface area contributed by atoms with E-state index in [1.807, 2.05) is 36.4 Å². The molecule has 0 spiro atoms. The molecule has 2 rings (SSSR count). The van der Waals surface area contributed by atoms with E-state index in [9.17, 15) is 5.11 Å². The van der Waals surface area contributed by atoms with Crippen LogP contribution in [0.4, 0.5) is 0 Å². The van der Waals surface area contributed by atoms with Gasteiger partial charge in [-0.05, 0) is 17.4 Å². The molecule has 0 aliphatic carbocycles. The fourth-order valence-corrected chi connectivity index (χ4v) is 2.47. The van der Waals surface area contributed by atoms with Gasteiger partial charge < -0.3 is 14.6 Å². The molecule has 1 aromatic rings. The molecule has 1 saturated heterocycles. The number of aliphatic hydroxyl groups excluding tert-OH is 1. The van der Waals surface area contributed by atoms with Crippen LogP contribution in [-0.2, 0) is 16.1 Å². The molecule has 3 nitrogen and oxygen atoms in total. The number of ether oxygens (including phenoxy) is 2. The van der Waals surface area contributed by atoms with E-state index in [4.69, 9.17) is 9.47 Å². The molecule has 1 heterocycles. The van der Waals surface area contributed by atoms with Crippen LogP contribution in [0.3, 0.4) is 0 Å². The van der Waals surface area contributed by atoms with E-state index in [0.717, 1.165) is 12.0 Å². The standard InChI is InChI=1S/C16H22O3/c1-3-16(2)9-14(19-15(17)10-16)12-18-11-13-7-5-4-6-8-13/h3-8,14-15,17H,1,9-12H2,2H3/t14?,15?,16-/m0/s1. The quantitative estimate of drug-likeness (QED) is 0.829. The van der Waals surface area contributed by atoms with E-state index < -0.39 is 6.29 Å². The van der Waals surface area contributed by atoms with E-state index in [1.165, 1.54) is 0 Å². The van der Waals surface area contributed by atoms with Gasteiger partial charge in [0.2, 0.25) is 0 Å². The monoisotopic (exact) mass is 262 g/mol. The van der Waals surface area contributed by atoms with Gasteiger partial charge in [-0.25, -0.2) is 0 Å². The fourth-order valence-electron chi connectivity index (χ4n) is 2.47. The lowest BCUT2D eigenvalue weighted by Crippen LogP contribution is -2.40. The first-order chi connectivity index (χ1) is 9.11. The topological polar surface area (TPSA) is 38.7 Å². The molecule has 0 saturated carbocycles. The maximum atomic E-state index is 9.74. The summed E-state index contributed by atoms with van der Waals surface area (Å²) >= 11 is 0. The van der Waals surface area contributed by atoms with E-state index in [0.29, 0.717) is 19.6 Å². The van der Waals surface area contributed by atoms with Gasteiger partial charge >= 0.3 is 0 Å². The lowest BCUT2D eigenvalue weighted by molar-refractivity contribution is -0.200. The highest BCUT2D eigenvalue weighted by atomic mass is 16.6. The van der Waals surface area contributed by atoms with Gasteiger partial charge in [0.1, 0.15) is 0 Å². The van der Waals surface area contributed by atoms with Crippen molar-refractivity contribution in [3.8, 4) is 0 Å². The summed E-state index contributed by atoms with van der Waals surface area (Å²) in [6, 6.07) is 10.0. The van der Waals surface area contributed by atoms with Crippen molar-refractivity contribution < 1.29 is 14.6 Å². The van der Waals surface area contributed by atoms with E-state index in [-0.39, 0.29) is 11.5 Å².